The van der Waals surface area contributed by atoms with Crippen LogP contribution in [0.25, 0.3) is 0 Å². The van der Waals surface area contributed by atoms with E-state index < -0.39 is 10.8 Å². The Morgan fingerprint density at radius 2 is 1.83 bits per heavy atom. The molecule has 0 radical (unpaired) electrons. The molecule has 0 spiro atoms. The normalized spacial score (nSPS) is 16.7. The molecule has 1 N–H and O–H groups in total. The lowest BCUT2D eigenvalue weighted by Gasteiger charge is -2.22. The van der Waals surface area contributed by atoms with Gasteiger partial charge in [-0.05, 0) is 49.2 Å². The summed E-state index contributed by atoms with van der Waals surface area (Å²) in [6.07, 6.45) is 5.62. The fourth-order valence-corrected chi connectivity index (χ4v) is 4.03. The number of carbonyl (C=O) groups is 1. The van der Waals surface area contributed by atoms with Crippen molar-refractivity contribution >= 4 is 28.3 Å². The molecule has 24 heavy (non-hydrogen) atoms. The average Bonchev–Trinajstić information content (AvgIpc) is 3.05. The topological polar surface area (TPSA) is 59.3 Å². The number of nitrogens with one attached hydrogen (secondary N) is 1. The molecular weight excluding hydrogens is 346 g/mol. The Labute approximate surface area is 149 Å². The summed E-state index contributed by atoms with van der Waals surface area (Å²) >= 11 is 5.83. The van der Waals surface area contributed by atoms with E-state index in [9.17, 15) is 9.00 Å². The molecular formula is C18H20ClNO3S. The zero-order valence-corrected chi connectivity index (χ0v) is 14.9. The third kappa shape index (κ3) is 4.48. The first-order valence-electron chi connectivity index (χ1n) is 8.15. The highest BCUT2D eigenvalue weighted by atomic mass is 35.5. The van der Waals surface area contributed by atoms with Crippen LogP contribution in [0.4, 0.5) is 0 Å². The van der Waals surface area contributed by atoms with Gasteiger partial charge in [0.2, 0.25) is 0 Å². The molecule has 0 bridgehead atoms. The van der Waals surface area contributed by atoms with Crippen LogP contribution < -0.4 is 5.32 Å². The second-order valence-corrected chi connectivity index (χ2v) is 7.91. The Kier molecular flexibility index (Phi) is 5.74. The lowest BCUT2D eigenvalue weighted by Crippen LogP contribution is -2.35. The van der Waals surface area contributed by atoms with Gasteiger partial charge in [0.25, 0.3) is 5.91 Å². The van der Waals surface area contributed by atoms with Gasteiger partial charge in [-0.3, -0.25) is 9.00 Å². The standard InChI is InChI=1S/C18H20ClNO3S/c19-13-6-9-16(10-7-13)24(22)12-15-8-11-17(23-15)18(21)20-14-4-2-1-3-5-14/h6-11,14H,1-5,12H2,(H,20,21). The minimum atomic E-state index is -1.23. The van der Waals surface area contributed by atoms with Crippen LogP contribution in [0.1, 0.15) is 48.4 Å². The maximum absolute atomic E-state index is 12.3. The van der Waals surface area contributed by atoms with Gasteiger partial charge in [-0.2, -0.15) is 0 Å². The van der Waals surface area contributed by atoms with Gasteiger partial charge in [-0.25, -0.2) is 0 Å². The summed E-state index contributed by atoms with van der Waals surface area (Å²) in [7, 11) is -1.23. The molecule has 1 atom stereocenters. The largest absolute Gasteiger partial charge is 0.455 e. The molecule has 1 heterocycles. The number of benzene rings is 1. The maximum atomic E-state index is 12.3. The van der Waals surface area contributed by atoms with Gasteiger partial charge in [0, 0.05) is 16.0 Å². The monoisotopic (exact) mass is 365 g/mol. The third-order valence-electron chi connectivity index (χ3n) is 4.18. The van der Waals surface area contributed by atoms with Crippen molar-refractivity contribution in [3.8, 4) is 0 Å². The smallest absolute Gasteiger partial charge is 0.287 e. The molecule has 0 aliphatic heterocycles. The number of hydrogen-bond acceptors (Lipinski definition) is 3. The lowest BCUT2D eigenvalue weighted by atomic mass is 9.95. The van der Waals surface area contributed by atoms with Crippen molar-refractivity contribution in [2.75, 3.05) is 0 Å². The molecule has 128 valence electrons. The molecule has 6 heteroatoms. The molecule has 1 fully saturated rings. The quantitative estimate of drug-likeness (QED) is 0.859. The van der Waals surface area contributed by atoms with Gasteiger partial charge in [-0.1, -0.05) is 30.9 Å². The Hall–Kier alpha value is -1.59. The van der Waals surface area contributed by atoms with Gasteiger partial charge in [0.1, 0.15) is 5.76 Å². The van der Waals surface area contributed by atoms with E-state index in [4.69, 9.17) is 16.0 Å². The fourth-order valence-electron chi connectivity index (χ4n) is 2.88. The van der Waals surface area contributed by atoms with Crippen LogP contribution in [-0.2, 0) is 16.6 Å². The molecule has 2 aromatic rings. The minimum Gasteiger partial charge on any atom is -0.455 e. The van der Waals surface area contributed by atoms with Crippen LogP contribution in [0, 0.1) is 0 Å². The summed E-state index contributed by atoms with van der Waals surface area (Å²) in [6, 6.07) is 10.5. The molecule has 1 aromatic heterocycles. The number of halogens is 1. The first-order valence-corrected chi connectivity index (χ1v) is 9.85. The predicted molar refractivity (Wildman–Crippen MR) is 94.6 cm³/mol. The Morgan fingerprint density at radius 1 is 1.12 bits per heavy atom. The molecule has 1 saturated carbocycles. The van der Waals surface area contributed by atoms with Crippen molar-refractivity contribution in [3.63, 3.8) is 0 Å². The molecule has 1 aliphatic rings. The Morgan fingerprint density at radius 3 is 2.54 bits per heavy atom. The van der Waals surface area contributed by atoms with Crippen LogP contribution >= 0.6 is 11.6 Å². The highest BCUT2D eigenvalue weighted by Gasteiger charge is 2.19. The van der Waals surface area contributed by atoms with E-state index in [1.807, 2.05) is 0 Å². The molecule has 0 saturated heterocycles. The SMILES string of the molecule is O=C(NC1CCCCC1)c1ccc(CS(=O)c2ccc(Cl)cc2)o1. The summed E-state index contributed by atoms with van der Waals surface area (Å²) in [6.45, 7) is 0. The molecule has 1 unspecified atom stereocenters. The molecule has 1 amide bonds. The van der Waals surface area contributed by atoms with E-state index >= 15 is 0 Å². The third-order valence-corrected chi connectivity index (χ3v) is 5.77. The molecule has 4 nitrogen and oxygen atoms in total. The molecule has 1 aromatic carbocycles. The second-order valence-electron chi connectivity index (χ2n) is 6.02. The highest BCUT2D eigenvalue weighted by molar-refractivity contribution is 7.84. The minimum absolute atomic E-state index is 0.189. The van der Waals surface area contributed by atoms with E-state index in [0.717, 1.165) is 25.7 Å². The zero-order valence-electron chi connectivity index (χ0n) is 13.3. The van der Waals surface area contributed by atoms with Gasteiger partial charge < -0.3 is 9.73 Å². The van der Waals surface area contributed by atoms with Crippen molar-refractivity contribution in [2.45, 2.75) is 48.8 Å². The van der Waals surface area contributed by atoms with E-state index in [1.54, 1.807) is 36.4 Å². The summed E-state index contributed by atoms with van der Waals surface area (Å²) in [5.74, 6) is 0.865. The Balaban J connectivity index is 1.59. The lowest BCUT2D eigenvalue weighted by molar-refractivity contribution is 0.0898. The number of hydrogen-bond donors (Lipinski definition) is 1. The van der Waals surface area contributed by atoms with E-state index in [1.165, 1.54) is 6.42 Å². The van der Waals surface area contributed by atoms with Crippen molar-refractivity contribution in [1.82, 2.24) is 5.32 Å². The van der Waals surface area contributed by atoms with E-state index in [2.05, 4.69) is 5.32 Å². The second kappa shape index (κ2) is 7.99. The zero-order chi connectivity index (χ0) is 16.9. The van der Waals surface area contributed by atoms with Gasteiger partial charge in [0.05, 0.1) is 16.6 Å². The van der Waals surface area contributed by atoms with Crippen LogP contribution in [0.5, 0.6) is 0 Å². The van der Waals surface area contributed by atoms with E-state index in [0.29, 0.717) is 15.7 Å². The van der Waals surface area contributed by atoms with Crippen molar-refractivity contribution in [1.29, 1.82) is 0 Å². The number of rotatable bonds is 5. The summed E-state index contributed by atoms with van der Waals surface area (Å²) in [4.78, 5) is 12.9. The van der Waals surface area contributed by atoms with Crippen LogP contribution in [0.2, 0.25) is 5.02 Å². The first kappa shape index (κ1) is 17.2. The van der Waals surface area contributed by atoms with Crippen molar-refractivity contribution in [3.05, 3.63) is 52.9 Å². The van der Waals surface area contributed by atoms with Gasteiger partial charge >= 0.3 is 0 Å². The summed E-state index contributed by atoms with van der Waals surface area (Å²) in [5.41, 5.74) is 0. The highest BCUT2D eigenvalue weighted by Crippen LogP contribution is 2.20. The van der Waals surface area contributed by atoms with Crippen LogP contribution in [0.3, 0.4) is 0 Å². The Bertz CT molecular complexity index is 720. The van der Waals surface area contributed by atoms with E-state index in [-0.39, 0.29) is 23.5 Å². The van der Waals surface area contributed by atoms with Crippen molar-refractivity contribution in [2.24, 2.45) is 0 Å². The van der Waals surface area contributed by atoms with Crippen LogP contribution in [-0.4, -0.2) is 16.2 Å². The first-order chi connectivity index (χ1) is 11.6. The number of carbonyl (C=O) groups excluding carboxylic acids is 1. The fraction of sp³-hybridized carbons (Fsp3) is 0.389. The summed E-state index contributed by atoms with van der Waals surface area (Å²) in [5, 5.41) is 3.62. The maximum Gasteiger partial charge on any atom is 0.287 e. The van der Waals surface area contributed by atoms with Crippen LogP contribution in [0.15, 0.2) is 45.7 Å². The van der Waals surface area contributed by atoms with Gasteiger partial charge in [0.15, 0.2) is 5.76 Å². The number of furan rings is 1. The van der Waals surface area contributed by atoms with Gasteiger partial charge in [-0.15, -0.1) is 0 Å². The number of amides is 1. The molecule has 1 aliphatic carbocycles. The average molecular weight is 366 g/mol. The summed E-state index contributed by atoms with van der Waals surface area (Å²) < 4.78 is 17.9. The predicted octanol–water partition coefficient (Wildman–Crippen LogP) is 4.30. The molecule has 3 rings (SSSR count). The van der Waals surface area contributed by atoms with Crippen molar-refractivity contribution < 1.29 is 13.4 Å².